The Morgan fingerprint density at radius 3 is 2.20 bits per heavy atom. The number of carboxylic acids is 1. The summed E-state index contributed by atoms with van der Waals surface area (Å²) in [5.41, 5.74) is 0. The van der Waals surface area contributed by atoms with Crippen molar-refractivity contribution in [2.45, 2.75) is 72.4 Å². The number of carbonyl (C=O) groups is 2. The first kappa shape index (κ1) is 18.7. The molecule has 0 aromatic carbocycles. The molecule has 2 atom stereocenters. The van der Waals surface area contributed by atoms with Crippen molar-refractivity contribution in [2.75, 3.05) is 6.54 Å². The predicted octanol–water partition coefficient (Wildman–Crippen LogP) is 3.10. The van der Waals surface area contributed by atoms with E-state index in [0.717, 1.165) is 19.3 Å². The van der Waals surface area contributed by atoms with Gasteiger partial charge in [0.1, 0.15) is 0 Å². The van der Waals surface area contributed by atoms with E-state index >= 15 is 0 Å². The van der Waals surface area contributed by atoms with Crippen LogP contribution in [0.5, 0.6) is 0 Å². The van der Waals surface area contributed by atoms with Gasteiger partial charge in [0, 0.05) is 18.6 Å². The van der Waals surface area contributed by atoms with Crippen molar-refractivity contribution in [3.8, 4) is 0 Å². The highest BCUT2D eigenvalue weighted by atomic mass is 16.4. The third-order valence-corrected chi connectivity index (χ3v) is 3.39. The number of amides is 2. The minimum atomic E-state index is -0.881. The highest BCUT2D eigenvalue weighted by Gasteiger charge is 2.21. The number of hydrogen-bond donors (Lipinski definition) is 2. The number of carboxylic acid groups (broad SMARTS) is 1. The molecule has 0 radical (unpaired) electrons. The first-order valence-corrected chi connectivity index (χ1v) is 7.56. The van der Waals surface area contributed by atoms with Crippen molar-refractivity contribution >= 4 is 12.0 Å². The summed E-state index contributed by atoms with van der Waals surface area (Å²) >= 11 is 0. The lowest BCUT2D eigenvalue weighted by Crippen LogP contribution is -2.48. The standard InChI is InChI=1S/C15H30N2O3/c1-6-17(13(5)10-14(18)19)15(20)16-12(4)9-7-8-11(2)3/h11-13H,6-10H2,1-5H3,(H,16,20)(H,18,19). The van der Waals surface area contributed by atoms with Gasteiger partial charge in [-0.1, -0.05) is 26.7 Å². The molecule has 0 aliphatic heterocycles. The molecular formula is C15H30N2O3. The highest BCUT2D eigenvalue weighted by Crippen LogP contribution is 2.09. The first-order chi connectivity index (χ1) is 9.27. The molecular weight excluding hydrogens is 256 g/mol. The highest BCUT2D eigenvalue weighted by molar-refractivity contribution is 5.76. The Kier molecular flexibility index (Phi) is 9.01. The molecule has 5 heteroatoms. The van der Waals surface area contributed by atoms with Gasteiger partial charge in [-0.25, -0.2) is 4.79 Å². The number of nitrogens with zero attached hydrogens (tertiary/aromatic N) is 1. The van der Waals surface area contributed by atoms with Crippen LogP contribution in [0.1, 0.15) is 60.3 Å². The summed E-state index contributed by atoms with van der Waals surface area (Å²) in [5, 5.41) is 11.8. The smallest absolute Gasteiger partial charge is 0.317 e. The number of rotatable bonds is 9. The van der Waals surface area contributed by atoms with Crippen molar-refractivity contribution < 1.29 is 14.7 Å². The van der Waals surface area contributed by atoms with Gasteiger partial charge < -0.3 is 15.3 Å². The second-order valence-corrected chi connectivity index (χ2v) is 5.91. The molecule has 0 aromatic rings. The fraction of sp³-hybridized carbons (Fsp3) is 0.867. The van der Waals surface area contributed by atoms with Crippen molar-refractivity contribution in [3.05, 3.63) is 0 Å². The summed E-state index contributed by atoms with van der Waals surface area (Å²) in [6, 6.07) is -0.342. The van der Waals surface area contributed by atoms with Crippen LogP contribution in [0.15, 0.2) is 0 Å². The second kappa shape index (κ2) is 9.61. The van der Waals surface area contributed by atoms with E-state index in [9.17, 15) is 9.59 Å². The number of nitrogens with one attached hydrogen (secondary N) is 1. The van der Waals surface area contributed by atoms with Crippen LogP contribution >= 0.6 is 0 Å². The Balaban J connectivity index is 4.23. The average molecular weight is 286 g/mol. The molecule has 0 aliphatic rings. The van der Waals surface area contributed by atoms with Crippen LogP contribution in [0, 0.1) is 5.92 Å². The molecule has 0 rings (SSSR count). The minimum absolute atomic E-state index is 0.0248. The lowest BCUT2D eigenvalue weighted by atomic mass is 10.0. The summed E-state index contributed by atoms with van der Waals surface area (Å²) in [6.45, 7) is 10.5. The van der Waals surface area contributed by atoms with Gasteiger partial charge in [0.15, 0.2) is 0 Å². The predicted molar refractivity (Wildman–Crippen MR) is 80.8 cm³/mol. The van der Waals surface area contributed by atoms with Crippen molar-refractivity contribution in [1.29, 1.82) is 0 Å². The van der Waals surface area contributed by atoms with E-state index < -0.39 is 5.97 Å². The van der Waals surface area contributed by atoms with E-state index in [1.165, 1.54) is 0 Å². The Hall–Kier alpha value is -1.26. The van der Waals surface area contributed by atoms with Gasteiger partial charge in [-0.2, -0.15) is 0 Å². The monoisotopic (exact) mass is 286 g/mol. The number of hydrogen-bond acceptors (Lipinski definition) is 2. The molecule has 2 N–H and O–H groups in total. The van der Waals surface area contributed by atoms with E-state index in [-0.39, 0.29) is 24.5 Å². The fourth-order valence-corrected chi connectivity index (χ4v) is 2.22. The molecule has 0 heterocycles. The van der Waals surface area contributed by atoms with Gasteiger partial charge in [-0.3, -0.25) is 4.79 Å². The van der Waals surface area contributed by atoms with Gasteiger partial charge in [-0.15, -0.1) is 0 Å². The summed E-state index contributed by atoms with van der Waals surface area (Å²) in [5.74, 6) is -0.200. The molecule has 0 aliphatic carbocycles. The summed E-state index contributed by atoms with van der Waals surface area (Å²) in [6.07, 6.45) is 3.18. The van der Waals surface area contributed by atoms with E-state index in [4.69, 9.17) is 5.11 Å². The summed E-state index contributed by atoms with van der Waals surface area (Å²) in [7, 11) is 0. The fourth-order valence-electron chi connectivity index (χ4n) is 2.22. The van der Waals surface area contributed by atoms with E-state index in [2.05, 4.69) is 19.2 Å². The van der Waals surface area contributed by atoms with Crippen LogP contribution in [0.3, 0.4) is 0 Å². The minimum Gasteiger partial charge on any atom is -0.481 e. The number of urea groups is 1. The second-order valence-electron chi connectivity index (χ2n) is 5.91. The summed E-state index contributed by atoms with van der Waals surface area (Å²) in [4.78, 5) is 24.4. The van der Waals surface area contributed by atoms with Crippen LogP contribution in [0.25, 0.3) is 0 Å². The van der Waals surface area contributed by atoms with Crippen LogP contribution in [0.2, 0.25) is 0 Å². The Morgan fingerprint density at radius 2 is 1.75 bits per heavy atom. The van der Waals surface area contributed by atoms with Crippen LogP contribution < -0.4 is 5.32 Å². The largest absolute Gasteiger partial charge is 0.481 e. The van der Waals surface area contributed by atoms with Gasteiger partial charge in [-0.05, 0) is 33.1 Å². The van der Waals surface area contributed by atoms with Gasteiger partial charge >= 0.3 is 12.0 Å². The zero-order chi connectivity index (χ0) is 15.7. The zero-order valence-electron chi connectivity index (χ0n) is 13.5. The van der Waals surface area contributed by atoms with Gasteiger partial charge in [0.05, 0.1) is 6.42 Å². The topological polar surface area (TPSA) is 69.6 Å². The maximum absolute atomic E-state index is 12.1. The molecule has 118 valence electrons. The van der Waals surface area contributed by atoms with E-state index in [1.54, 1.807) is 11.8 Å². The van der Waals surface area contributed by atoms with Crippen molar-refractivity contribution in [1.82, 2.24) is 10.2 Å². The molecule has 2 unspecified atom stereocenters. The molecule has 0 bridgehead atoms. The first-order valence-electron chi connectivity index (χ1n) is 7.56. The molecule has 0 fully saturated rings. The Labute approximate surface area is 122 Å². The third-order valence-electron chi connectivity index (χ3n) is 3.39. The summed E-state index contributed by atoms with van der Waals surface area (Å²) < 4.78 is 0. The van der Waals surface area contributed by atoms with Crippen LogP contribution in [0.4, 0.5) is 4.79 Å². The maximum atomic E-state index is 12.1. The van der Waals surface area contributed by atoms with Crippen LogP contribution in [-0.2, 0) is 4.79 Å². The number of aliphatic carboxylic acids is 1. The van der Waals surface area contributed by atoms with E-state index in [0.29, 0.717) is 12.5 Å². The normalized spacial score (nSPS) is 13.9. The SMILES string of the molecule is CCN(C(=O)NC(C)CCCC(C)C)C(C)CC(=O)O. The van der Waals surface area contributed by atoms with Gasteiger partial charge in [0.2, 0.25) is 0 Å². The zero-order valence-corrected chi connectivity index (χ0v) is 13.5. The molecule has 0 saturated carbocycles. The maximum Gasteiger partial charge on any atom is 0.317 e. The molecule has 20 heavy (non-hydrogen) atoms. The molecule has 0 saturated heterocycles. The Bertz CT molecular complexity index is 305. The lowest BCUT2D eigenvalue weighted by molar-refractivity contribution is -0.138. The Morgan fingerprint density at radius 1 is 1.15 bits per heavy atom. The van der Waals surface area contributed by atoms with Gasteiger partial charge in [0.25, 0.3) is 0 Å². The van der Waals surface area contributed by atoms with E-state index in [1.807, 2.05) is 13.8 Å². The molecule has 5 nitrogen and oxygen atoms in total. The third kappa shape index (κ3) is 8.02. The molecule has 0 aromatic heterocycles. The molecule has 2 amide bonds. The lowest BCUT2D eigenvalue weighted by Gasteiger charge is -2.29. The average Bonchev–Trinajstić information content (AvgIpc) is 2.27. The van der Waals surface area contributed by atoms with Crippen molar-refractivity contribution in [2.24, 2.45) is 5.92 Å². The van der Waals surface area contributed by atoms with Crippen LogP contribution in [-0.4, -0.2) is 40.6 Å². The van der Waals surface area contributed by atoms with Crippen molar-refractivity contribution in [3.63, 3.8) is 0 Å². The number of carbonyl (C=O) groups excluding carboxylic acids is 1. The molecule has 0 spiro atoms. The quantitative estimate of drug-likeness (QED) is 0.684.